The number of allylic oxidation sites excluding steroid dienone is 2. The monoisotopic (exact) mass is 350 g/mol. The first-order valence-electron chi connectivity index (χ1n) is 8.16. The molecule has 5 nitrogen and oxygen atoms in total. The van der Waals surface area contributed by atoms with Crippen molar-refractivity contribution in [3.8, 4) is 11.1 Å². The van der Waals surface area contributed by atoms with Crippen molar-refractivity contribution in [3.63, 3.8) is 0 Å². The van der Waals surface area contributed by atoms with E-state index in [0.29, 0.717) is 23.8 Å². The molecule has 6 heteroatoms. The molecule has 3 rings (SSSR count). The molecule has 3 aromatic rings. The molecular weight excluding hydrogens is 331 g/mol. The molecule has 132 valence electrons. The number of benzene rings is 1. The molecule has 0 radical (unpaired) electrons. The van der Waals surface area contributed by atoms with Crippen molar-refractivity contribution in [3.05, 3.63) is 72.8 Å². The van der Waals surface area contributed by atoms with Gasteiger partial charge in [0.2, 0.25) is 0 Å². The molecule has 0 aliphatic heterocycles. The number of aromatic nitrogens is 3. The Morgan fingerprint density at radius 3 is 2.69 bits per heavy atom. The van der Waals surface area contributed by atoms with Crippen molar-refractivity contribution >= 4 is 16.9 Å². The number of ether oxygens (including phenoxy) is 1. The lowest BCUT2D eigenvalue weighted by atomic mass is 10.1. The van der Waals surface area contributed by atoms with Gasteiger partial charge in [-0.25, -0.2) is 19.3 Å². The summed E-state index contributed by atoms with van der Waals surface area (Å²) in [5.74, 6) is 1.72. The van der Waals surface area contributed by atoms with E-state index in [1.807, 2.05) is 26.0 Å². The number of nitrogens with one attached hydrogen (secondary N) is 1. The second-order valence-corrected chi connectivity index (χ2v) is 5.72. The molecule has 2 heterocycles. The molecule has 2 aromatic heterocycles. The number of fused-ring (bicyclic) bond motifs is 1. The maximum Gasteiger partial charge on any atom is 0.164 e. The summed E-state index contributed by atoms with van der Waals surface area (Å²) in [4.78, 5) is 12.9. The zero-order valence-corrected chi connectivity index (χ0v) is 14.7. The fraction of sp³-hybridized carbons (Fsp3) is 0.150. The van der Waals surface area contributed by atoms with Crippen LogP contribution in [0.15, 0.2) is 67.0 Å². The van der Waals surface area contributed by atoms with Gasteiger partial charge in [-0.15, -0.1) is 0 Å². The van der Waals surface area contributed by atoms with E-state index in [9.17, 15) is 4.39 Å². The van der Waals surface area contributed by atoms with Gasteiger partial charge in [-0.3, -0.25) is 0 Å². The molecule has 1 aromatic carbocycles. The van der Waals surface area contributed by atoms with E-state index in [0.717, 1.165) is 22.3 Å². The number of halogens is 1. The minimum atomic E-state index is -0.275. The lowest BCUT2D eigenvalue weighted by Gasteiger charge is -2.12. The van der Waals surface area contributed by atoms with Gasteiger partial charge < -0.3 is 10.1 Å². The third-order valence-corrected chi connectivity index (χ3v) is 3.83. The van der Waals surface area contributed by atoms with E-state index in [-0.39, 0.29) is 5.82 Å². The largest absolute Gasteiger partial charge is 0.465 e. The topological polar surface area (TPSA) is 59.9 Å². The number of hydrogen-bond donors (Lipinski definition) is 1. The van der Waals surface area contributed by atoms with Gasteiger partial charge in [-0.2, -0.15) is 0 Å². The summed E-state index contributed by atoms with van der Waals surface area (Å²) in [6, 6.07) is 8.20. The fourth-order valence-corrected chi connectivity index (χ4v) is 2.39. The predicted molar refractivity (Wildman–Crippen MR) is 101 cm³/mol. The zero-order chi connectivity index (χ0) is 18.5. The summed E-state index contributed by atoms with van der Waals surface area (Å²) in [7, 11) is 0. The quantitative estimate of drug-likeness (QED) is 0.653. The highest BCUT2D eigenvalue weighted by Gasteiger charge is 2.08. The van der Waals surface area contributed by atoms with Crippen LogP contribution >= 0.6 is 0 Å². The zero-order valence-electron chi connectivity index (χ0n) is 14.7. The first-order chi connectivity index (χ1) is 12.6. The Bertz CT molecular complexity index is 967. The smallest absolute Gasteiger partial charge is 0.164 e. The second-order valence-electron chi connectivity index (χ2n) is 5.72. The van der Waals surface area contributed by atoms with Crippen LogP contribution < -0.4 is 5.32 Å². The van der Waals surface area contributed by atoms with Gasteiger partial charge >= 0.3 is 0 Å². The Hall–Kier alpha value is -3.28. The van der Waals surface area contributed by atoms with E-state index >= 15 is 0 Å². The molecule has 0 atom stereocenters. The van der Waals surface area contributed by atoms with E-state index in [2.05, 4.69) is 26.8 Å². The van der Waals surface area contributed by atoms with Crippen molar-refractivity contribution in [1.29, 1.82) is 0 Å². The molecule has 0 fully saturated rings. The minimum absolute atomic E-state index is 0.275. The summed E-state index contributed by atoms with van der Waals surface area (Å²) in [6.07, 6.45) is 5.03. The molecule has 0 bridgehead atoms. The van der Waals surface area contributed by atoms with Crippen LogP contribution in [0.5, 0.6) is 0 Å². The number of hydrogen-bond acceptors (Lipinski definition) is 5. The number of nitrogens with zero attached hydrogens (tertiary/aromatic N) is 3. The van der Waals surface area contributed by atoms with Gasteiger partial charge in [-0.05, 0) is 43.7 Å². The molecule has 0 saturated heterocycles. The van der Waals surface area contributed by atoms with Gasteiger partial charge in [0.25, 0.3) is 0 Å². The summed E-state index contributed by atoms with van der Waals surface area (Å²) >= 11 is 0. The molecule has 0 spiro atoms. The van der Waals surface area contributed by atoms with Gasteiger partial charge in [-0.1, -0.05) is 18.7 Å². The van der Waals surface area contributed by atoms with Crippen LogP contribution in [-0.2, 0) is 4.74 Å². The molecule has 0 aliphatic rings. The fourth-order valence-electron chi connectivity index (χ4n) is 2.39. The first kappa shape index (κ1) is 17.5. The van der Waals surface area contributed by atoms with Crippen LogP contribution in [0.3, 0.4) is 0 Å². The van der Waals surface area contributed by atoms with Crippen molar-refractivity contribution in [2.45, 2.75) is 13.8 Å². The normalized spacial score (nSPS) is 11.4. The Balaban J connectivity index is 1.87. The van der Waals surface area contributed by atoms with Crippen LogP contribution in [0.4, 0.5) is 10.2 Å². The average molecular weight is 350 g/mol. The van der Waals surface area contributed by atoms with Crippen molar-refractivity contribution in [2.24, 2.45) is 0 Å². The summed E-state index contributed by atoms with van der Waals surface area (Å²) in [6.45, 7) is 8.06. The van der Waals surface area contributed by atoms with Crippen LogP contribution in [0.2, 0.25) is 0 Å². The molecule has 0 aliphatic carbocycles. The summed E-state index contributed by atoms with van der Waals surface area (Å²) in [5.41, 5.74) is 2.30. The molecule has 0 saturated carbocycles. The minimum Gasteiger partial charge on any atom is -0.465 e. The Morgan fingerprint density at radius 2 is 1.96 bits per heavy atom. The van der Waals surface area contributed by atoms with E-state index < -0.39 is 0 Å². The highest BCUT2D eigenvalue weighted by atomic mass is 19.1. The van der Waals surface area contributed by atoms with Gasteiger partial charge in [0.15, 0.2) is 5.65 Å². The van der Waals surface area contributed by atoms with Gasteiger partial charge in [0.1, 0.15) is 23.7 Å². The SMILES string of the molecule is C=C(CNc1ncnc2ncc(-c3ccc(F)cc3)cc12)O/C(C)=C\C. The lowest BCUT2D eigenvalue weighted by Crippen LogP contribution is -2.08. The first-order valence-corrected chi connectivity index (χ1v) is 8.16. The average Bonchev–Trinajstić information content (AvgIpc) is 2.66. The van der Waals surface area contributed by atoms with Crippen LogP contribution in [0.1, 0.15) is 13.8 Å². The Kier molecular flexibility index (Phi) is 5.22. The molecular formula is C20H19FN4O. The third kappa shape index (κ3) is 4.03. The van der Waals surface area contributed by atoms with E-state index in [1.165, 1.54) is 18.5 Å². The summed E-state index contributed by atoms with van der Waals surface area (Å²) in [5, 5.41) is 3.97. The maximum atomic E-state index is 13.1. The highest BCUT2D eigenvalue weighted by Crippen LogP contribution is 2.25. The van der Waals surface area contributed by atoms with Crippen LogP contribution in [0, 0.1) is 5.82 Å². The van der Waals surface area contributed by atoms with Gasteiger partial charge in [0.05, 0.1) is 17.7 Å². The van der Waals surface area contributed by atoms with Crippen LogP contribution in [-0.4, -0.2) is 21.5 Å². The lowest BCUT2D eigenvalue weighted by molar-refractivity contribution is 0.306. The van der Waals surface area contributed by atoms with Crippen molar-refractivity contribution in [2.75, 3.05) is 11.9 Å². The third-order valence-electron chi connectivity index (χ3n) is 3.83. The molecule has 1 N–H and O–H groups in total. The molecule has 0 unspecified atom stereocenters. The number of pyridine rings is 1. The summed E-state index contributed by atoms with van der Waals surface area (Å²) < 4.78 is 18.7. The number of rotatable bonds is 6. The van der Waals surface area contributed by atoms with Crippen molar-refractivity contribution in [1.82, 2.24) is 15.0 Å². The number of anilines is 1. The van der Waals surface area contributed by atoms with E-state index in [4.69, 9.17) is 4.74 Å². The van der Waals surface area contributed by atoms with Gasteiger partial charge in [0, 0.05) is 11.8 Å². The Morgan fingerprint density at radius 1 is 1.19 bits per heavy atom. The predicted octanol–water partition coefficient (Wildman–Crippen LogP) is 4.70. The molecule has 0 amide bonds. The second kappa shape index (κ2) is 7.74. The Labute approximate surface area is 151 Å². The molecule has 26 heavy (non-hydrogen) atoms. The highest BCUT2D eigenvalue weighted by molar-refractivity contribution is 5.89. The maximum absolute atomic E-state index is 13.1. The van der Waals surface area contributed by atoms with Crippen molar-refractivity contribution < 1.29 is 9.13 Å². The standard InChI is InChI=1S/C20H19FN4O/c1-4-13(2)26-14(3)10-22-19-18-9-16(11-23-20(18)25-12-24-19)15-5-7-17(21)8-6-15/h4-9,11-12H,3,10H2,1-2H3,(H,22,23,24,25)/b13-4-. The van der Waals surface area contributed by atoms with E-state index in [1.54, 1.807) is 18.3 Å². The van der Waals surface area contributed by atoms with Crippen LogP contribution in [0.25, 0.3) is 22.2 Å².